The SMILES string of the molecule is COc1ccc(CNc2ncnc3cc(-c4ccc(NC(=O)OC(C)(C)C)cc4)n(-c4ccc(OCc5ccccc5)c(F)c4)c23)cc1. The van der Waals surface area contributed by atoms with E-state index in [1.807, 2.05) is 104 Å². The summed E-state index contributed by atoms with van der Waals surface area (Å²) in [7, 11) is 1.63. The third kappa shape index (κ3) is 7.55. The van der Waals surface area contributed by atoms with Gasteiger partial charge in [-0.25, -0.2) is 19.2 Å². The summed E-state index contributed by atoms with van der Waals surface area (Å²) in [5.41, 5.74) is 5.38. The summed E-state index contributed by atoms with van der Waals surface area (Å²) in [6.07, 6.45) is 0.958. The Hall–Kier alpha value is -5.90. The minimum atomic E-state index is -0.622. The molecule has 2 heterocycles. The van der Waals surface area contributed by atoms with E-state index in [9.17, 15) is 4.79 Å². The molecule has 6 rings (SSSR count). The maximum Gasteiger partial charge on any atom is 0.412 e. The fraction of sp³-hybridized carbons (Fsp3) is 0.184. The first-order valence-electron chi connectivity index (χ1n) is 15.5. The molecule has 0 unspecified atom stereocenters. The number of nitrogens with zero attached hydrogens (tertiary/aromatic N) is 3. The lowest BCUT2D eigenvalue weighted by molar-refractivity contribution is 0.0636. The van der Waals surface area contributed by atoms with Crippen molar-refractivity contribution < 1.29 is 23.4 Å². The fourth-order valence-electron chi connectivity index (χ4n) is 5.20. The Morgan fingerprint density at radius 3 is 2.31 bits per heavy atom. The van der Waals surface area contributed by atoms with Crippen molar-refractivity contribution in [2.75, 3.05) is 17.7 Å². The topological polar surface area (TPSA) is 99.5 Å². The highest BCUT2D eigenvalue weighted by Gasteiger charge is 2.20. The fourth-order valence-corrected chi connectivity index (χ4v) is 5.20. The zero-order valence-corrected chi connectivity index (χ0v) is 27.2. The van der Waals surface area contributed by atoms with E-state index < -0.39 is 17.5 Å². The summed E-state index contributed by atoms with van der Waals surface area (Å²) in [5.74, 6) is 0.993. The van der Waals surface area contributed by atoms with Crippen LogP contribution in [0.1, 0.15) is 31.9 Å². The number of carbonyl (C=O) groups excluding carboxylic acids is 1. The number of ether oxygens (including phenoxy) is 3. The van der Waals surface area contributed by atoms with E-state index in [0.29, 0.717) is 34.8 Å². The van der Waals surface area contributed by atoms with E-state index in [-0.39, 0.29) is 12.4 Å². The molecule has 10 heteroatoms. The van der Waals surface area contributed by atoms with E-state index in [1.54, 1.807) is 25.3 Å². The molecule has 0 aliphatic heterocycles. The number of aromatic nitrogens is 3. The summed E-state index contributed by atoms with van der Waals surface area (Å²) in [5, 5.41) is 6.20. The first-order chi connectivity index (χ1) is 23.2. The summed E-state index contributed by atoms with van der Waals surface area (Å²) >= 11 is 0. The van der Waals surface area contributed by atoms with Crippen LogP contribution in [0, 0.1) is 5.82 Å². The molecule has 0 fully saturated rings. The largest absolute Gasteiger partial charge is 0.497 e. The monoisotopic (exact) mass is 645 g/mol. The lowest BCUT2D eigenvalue weighted by Gasteiger charge is -2.19. The summed E-state index contributed by atoms with van der Waals surface area (Å²) in [4.78, 5) is 21.5. The number of hydrogen-bond donors (Lipinski definition) is 2. The molecule has 1 amide bonds. The van der Waals surface area contributed by atoms with Crippen LogP contribution in [0.4, 0.5) is 20.7 Å². The van der Waals surface area contributed by atoms with Gasteiger partial charge in [0, 0.05) is 24.0 Å². The predicted molar refractivity (Wildman–Crippen MR) is 185 cm³/mol. The summed E-state index contributed by atoms with van der Waals surface area (Å²) in [6, 6.07) is 31.5. The molecule has 0 atom stereocenters. The normalized spacial score (nSPS) is 11.3. The highest BCUT2D eigenvalue weighted by Crippen LogP contribution is 2.35. The quantitative estimate of drug-likeness (QED) is 0.154. The number of rotatable bonds is 10. The Kier molecular flexibility index (Phi) is 9.24. The third-order valence-electron chi connectivity index (χ3n) is 7.44. The van der Waals surface area contributed by atoms with Crippen LogP contribution in [0.5, 0.6) is 11.5 Å². The van der Waals surface area contributed by atoms with Gasteiger partial charge in [-0.2, -0.15) is 0 Å². The Morgan fingerprint density at radius 1 is 0.875 bits per heavy atom. The van der Waals surface area contributed by atoms with Crippen molar-refractivity contribution >= 4 is 28.6 Å². The molecule has 0 bridgehead atoms. The molecule has 0 spiro atoms. The van der Waals surface area contributed by atoms with Crippen LogP contribution in [0.15, 0.2) is 109 Å². The second-order valence-electron chi connectivity index (χ2n) is 12.1. The molecule has 6 aromatic rings. The number of halogens is 1. The zero-order chi connectivity index (χ0) is 33.7. The third-order valence-corrected chi connectivity index (χ3v) is 7.44. The minimum absolute atomic E-state index is 0.146. The molecule has 0 saturated carbocycles. The Labute approximate surface area is 278 Å². The maximum absolute atomic E-state index is 15.7. The van der Waals surface area contributed by atoms with E-state index in [2.05, 4.69) is 20.6 Å². The van der Waals surface area contributed by atoms with Crippen molar-refractivity contribution in [3.8, 4) is 28.4 Å². The second-order valence-corrected chi connectivity index (χ2v) is 12.1. The highest BCUT2D eigenvalue weighted by atomic mass is 19.1. The van der Waals surface area contributed by atoms with Gasteiger partial charge in [-0.05, 0) is 79.9 Å². The molecular formula is C38H36FN5O4. The average Bonchev–Trinajstić information content (AvgIpc) is 3.47. The van der Waals surface area contributed by atoms with E-state index in [0.717, 1.165) is 28.1 Å². The molecule has 0 saturated heterocycles. The molecule has 0 radical (unpaired) electrons. The molecule has 4 aromatic carbocycles. The van der Waals surface area contributed by atoms with Gasteiger partial charge < -0.3 is 24.1 Å². The van der Waals surface area contributed by atoms with Crippen LogP contribution < -0.4 is 20.1 Å². The number of carbonyl (C=O) groups is 1. The van der Waals surface area contributed by atoms with E-state index >= 15 is 4.39 Å². The van der Waals surface area contributed by atoms with E-state index in [4.69, 9.17) is 14.2 Å². The van der Waals surface area contributed by atoms with E-state index in [1.165, 1.54) is 12.4 Å². The van der Waals surface area contributed by atoms with Crippen LogP contribution >= 0.6 is 0 Å². The first kappa shape index (κ1) is 32.1. The first-order valence-corrected chi connectivity index (χ1v) is 15.5. The van der Waals surface area contributed by atoms with Gasteiger partial charge in [0.1, 0.15) is 29.8 Å². The standard InChI is InChI=1S/C38H36FN5O4/c1-38(2,3)48-37(45)43-28-14-12-27(13-15-28)33-21-32-35(36(42-24-41-32)40-22-25-10-17-30(46-4)18-11-25)44(33)29-16-19-34(31(39)20-29)47-23-26-8-6-5-7-9-26/h5-21,24H,22-23H2,1-4H3,(H,43,45)(H,40,41,42). The number of anilines is 2. The van der Waals surface area contributed by atoms with Gasteiger partial charge >= 0.3 is 6.09 Å². The molecule has 0 aliphatic rings. The van der Waals surface area contributed by atoms with Gasteiger partial charge in [0.2, 0.25) is 0 Å². The lowest BCUT2D eigenvalue weighted by atomic mass is 10.1. The van der Waals surface area contributed by atoms with Crippen LogP contribution in [0.2, 0.25) is 0 Å². The van der Waals surface area contributed by atoms with Crippen molar-refractivity contribution in [1.82, 2.24) is 14.5 Å². The smallest absolute Gasteiger partial charge is 0.412 e. The number of benzene rings is 4. The molecule has 0 aliphatic carbocycles. The minimum Gasteiger partial charge on any atom is -0.497 e. The molecular weight excluding hydrogens is 609 g/mol. The number of amides is 1. The number of methoxy groups -OCH3 is 1. The molecule has 9 nitrogen and oxygen atoms in total. The molecule has 244 valence electrons. The average molecular weight is 646 g/mol. The van der Waals surface area contributed by atoms with Crippen LogP contribution in [0.3, 0.4) is 0 Å². The summed E-state index contributed by atoms with van der Waals surface area (Å²) in [6.45, 7) is 6.15. The molecule has 2 aromatic heterocycles. The van der Waals surface area contributed by atoms with Gasteiger partial charge in [0.25, 0.3) is 0 Å². The Morgan fingerprint density at radius 2 is 1.62 bits per heavy atom. The Bertz CT molecular complexity index is 2020. The van der Waals surface area contributed by atoms with Crippen LogP contribution in [-0.2, 0) is 17.9 Å². The lowest BCUT2D eigenvalue weighted by Crippen LogP contribution is -2.27. The van der Waals surface area contributed by atoms with Crippen LogP contribution in [-0.4, -0.2) is 33.3 Å². The van der Waals surface area contributed by atoms with Gasteiger partial charge in [-0.1, -0.05) is 54.6 Å². The van der Waals surface area contributed by atoms with Gasteiger partial charge in [-0.3, -0.25) is 5.32 Å². The molecule has 2 N–H and O–H groups in total. The van der Waals surface area contributed by atoms with Gasteiger partial charge in [-0.15, -0.1) is 0 Å². The Balaban J connectivity index is 1.37. The van der Waals surface area contributed by atoms with Gasteiger partial charge in [0.15, 0.2) is 17.4 Å². The van der Waals surface area contributed by atoms with Crippen molar-refractivity contribution in [1.29, 1.82) is 0 Å². The highest BCUT2D eigenvalue weighted by molar-refractivity contribution is 5.94. The van der Waals surface area contributed by atoms with Gasteiger partial charge in [0.05, 0.1) is 18.3 Å². The zero-order valence-electron chi connectivity index (χ0n) is 27.2. The van der Waals surface area contributed by atoms with Crippen LogP contribution in [0.25, 0.3) is 28.0 Å². The van der Waals surface area contributed by atoms with Crippen molar-refractivity contribution in [2.24, 2.45) is 0 Å². The number of hydrogen-bond acceptors (Lipinski definition) is 7. The summed E-state index contributed by atoms with van der Waals surface area (Å²) < 4.78 is 34.1. The maximum atomic E-state index is 15.7. The predicted octanol–water partition coefficient (Wildman–Crippen LogP) is 8.77. The van der Waals surface area contributed by atoms with Crippen molar-refractivity contribution in [2.45, 2.75) is 39.5 Å². The second kappa shape index (κ2) is 13.8. The van der Waals surface area contributed by atoms with Crippen molar-refractivity contribution in [3.63, 3.8) is 0 Å². The number of nitrogens with one attached hydrogen (secondary N) is 2. The molecule has 48 heavy (non-hydrogen) atoms. The number of fused-ring (bicyclic) bond motifs is 1. The van der Waals surface area contributed by atoms with Crippen molar-refractivity contribution in [3.05, 3.63) is 126 Å².